The Morgan fingerprint density at radius 3 is 1.71 bits per heavy atom. The molecule has 0 bridgehead atoms. The molecule has 0 rings (SSSR count). The molecule has 0 fully saturated rings. The molecule has 7 nitrogen and oxygen atoms in total. The van der Waals surface area contributed by atoms with Gasteiger partial charge in [0.15, 0.2) is 5.60 Å². The molecular weight excluding hydrogens is 364 g/mol. The van der Waals surface area contributed by atoms with E-state index in [4.69, 9.17) is 0 Å². The Balaban J connectivity index is 4.75. The highest BCUT2D eigenvalue weighted by atomic mass is 16.5. The van der Waals surface area contributed by atoms with Gasteiger partial charge >= 0.3 is 17.9 Å². The van der Waals surface area contributed by atoms with E-state index in [1.54, 1.807) is 0 Å². The van der Waals surface area contributed by atoms with E-state index in [0.29, 0.717) is 6.42 Å². The first-order valence-electron chi connectivity index (χ1n) is 10.1. The number of carbonyl (C=O) groups is 3. The lowest BCUT2D eigenvalue weighted by atomic mass is 9.87. The van der Waals surface area contributed by atoms with Crippen molar-refractivity contribution in [3.8, 4) is 0 Å². The number of ether oxygens (including phenoxy) is 3. The van der Waals surface area contributed by atoms with Crippen LogP contribution in [0.5, 0.6) is 0 Å². The summed E-state index contributed by atoms with van der Waals surface area (Å²) in [5.74, 6) is -2.86. The summed E-state index contributed by atoms with van der Waals surface area (Å²) in [5.41, 5.74) is -2.74. The SMILES string of the molecule is CCCCCCCCCCCC[C@](O)(C(=O)OC)C(=CC(=O)OC)C(=O)OC. The fourth-order valence-corrected chi connectivity index (χ4v) is 3.02. The van der Waals surface area contributed by atoms with E-state index in [-0.39, 0.29) is 6.42 Å². The molecule has 0 aromatic heterocycles. The molecule has 0 amide bonds. The Hall–Kier alpha value is -1.89. The summed E-state index contributed by atoms with van der Waals surface area (Å²) < 4.78 is 13.8. The minimum absolute atomic E-state index is 0.0475. The third-order valence-electron chi connectivity index (χ3n) is 4.73. The second-order valence-corrected chi connectivity index (χ2v) is 6.86. The van der Waals surface area contributed by atoms with Gasteiger partial charge in [-0.25, -0.2) is 14.4 Å². The van der Waals surface area contributed by atoms with Gasteiger partial charge in [0.05, 0.1) is 26.9 Å². The van der Waals surface area contributed by atoms with Gasteiger partial charge in [0, 0.05) is 6.08 Å². The number of unbranched alkanes of at least 4 members (excludes halogenated alkanes) is 9. The maximum absolute atomic E-state index is 12.2. The zero-order chi connectivity index (χ0) is 21.4. The fraction of sp³-hybridized carbons (Fsp3) is 0.762. The van der Waals surface area contributed by atoms with Crippen LogP contribution in [0.15, 0.2) is 11.6 Å². The van der Waals surface area contributed by atoms with Crippen LogP contribution in [-0.2, 0) is 28.6 Å². The van der Waals surface area contributed by atoms with E-state index in [0.717, 1.165) is 46.7 Å². The molecule has 28 heavy (non-hydrogen) atoms. The molecule has 1 N–H and O–H groups in total. The van der Waals surface area contributed by atoms with Gasteiger partial charge in [0.2, 0.25) is 0 Å². The van der Waals surface area contributed by atoms with E-state index in [1.807, 2.05) is 0 Å². The lowest BCUT2D eigenvalue weighted by Crippen LogP contribution is -2.45. The second-order valence-electron chi connectivity index (χ2n) is 6.86. The molecule has 0 aliphatic carbocycles. The van der Waals surface area contributed by atoms with Gasteiger partial charge in [-0.3, -0.25) is 0 Å². The Labute approximate surface area is 168 Å². The van der Waals surface area contributed by atoms with Gasteiger partial charge in [0.25, 0.3) is 0 Å². The van der Waals surface area contributed by atoms with Crippen LogP contribution in [0.2, 0.25) is 0 Å². The van der Waals surface area contributed by atoms with Crippen LogP contribution in [0.4, 0.5) is 0 Å². The summed E-state index contributed by atoms with van der Waals surface area (Å²) in [7, 11) is 3.34. The van der Waals surface area contributed by atoms with Gasteiger partial charge in [-0.05, 0) is 12.8 Å². The zero-order valence-corrected chi connectivity index (χ0v) is 17.8. The molecule has 7 heteroatoms. The smallest absolute Gasteiger partial charge is 0.342 e. The fourth-order valence-electron chi connectivity index (χ4n) is 3.02. The Bertz CT molecular complexity index is 513. The number of aliphatic hydroxyl groups is 1. The molecule has 162 valence electrons. The molecular formula is C21H36O7. The summed E-state index contributed by atoms with van der Waals surface area (Å²) in [6, 6.07) is 0. The van der Waals surface area contributed by atoms with E-state index >= 15 is 0 Å². The van der Waals surface area contributed by atoms with Crippen LogP contribution < -0.4 is 0 Å². The van der Waals surface area contributed by atoms with Gasteiger partial charge in [-0.15, -0.1) is 0 Å². The van der Waals surface area contributed by atoms with Crippen molar-refractivity contribution in [2.24, 2.45) is 0 Å². The van der Waals surface area contributed by atoms with Crippen molar-refractivity contribution in [1.82, 2.24) is 0 Å². The highest BCUT2D eigenvalue weighted by molar-refractivity contribution is 6.04. The molecule has 0 radical (unpaired) electrons. The quantitative estimate of drug-likeness (QED) is 0.194. The van der Waals surface area contributed by atoms with E-state index < -0.39 is 29.1 Å². The lowest BCUT2D eigenvalue weighted by molar-refractivity contribution is -0.162. The minimum atomic E-state index is -2.25. The van der Waals surface area contributed by atoms with Crippen molar-refractivity contribution >= 4 is 17.9 Å². The molecule has 0 spiro atoms. The molecule has 0 aromatic carbocycles. The van der Waals surface area contributed by atoms with Crippen molar-refractivity contribution in [2.75, 3.05) is 21.3 Å². The Morgan fingerprint density at radius 2 is 1.29 bits per heavy atom. The molecule has 0 aromatic rings. The third kappa shape index (κ3) is 9.35. The molecule has 0 saturated heterocycles. The van der Waals surface area contributed by atoms with Gasteiger partial charge < -0.3 is 19.3 Å². The van der Waals surface area contributed by atoms with E-state index in [9.17, 15) is 19.5 Å². The van der Waals surface area contributed by atoms with Crippen molar-refractivity contribution in [1.29, 1.82) is 0 Å². The summed E-state index contributed by atoms with van der Waals surface area (Å²) in [4.78, 5) is 35.8. The monoisotopic (exact) mass is 400 g/mol. The van der Waals surface area contributed by atoms with Gasteiger partial charge in [0.1, 0.15) is 0 Å². The first-order chi connectivity index (χ1) is 13.4. The topological polar surface area (TPSA) is 99.1 Å². The first-order valence-corrected chi connectivity index (χ1v) is 10.1. The zero-order valence-electron chi connectivity index (χ0n) is 17.8. The van der Waals surface area contributed by atoms with Crippen molar-refractivity contribution in [3.05, 3.63) is 11.6 Å². The predicted molar refractivity (Wildman–Crippen MR) is 106 cm³/mol. The van der Waals surface area contributed by atoms with Crippen LogP contribution in [0, 0.1) is 0 Å². The van der Waals surface area contributed by atoms with E-state index in [1.165, 1.54) is 38.5 Å². The Morgan fingerprint density at radius 1 is 0.786 bits per heavy atom. The number of rotatable bonds is 15. The second kappa shape index (κ2) is 15.1. The van der Waals surface area contributed by atoms with Crippen molar-refractivity contribution in [3.63, 3.8) is 0 Å². The van der Waals surface area contributed by atoms with E-state index in [2.05, 4.69) is 21.1 Å². The molecule has 0 saturated carbocycles. The van der Waals surface area contributed by atoms with Crippen molar-refractivity contribution in [2.45, 2.75) is 83.2 Å². The lowest BCUT2D eigenvalue weighted by Gasteiger charge is -2.26. The van der Waals surface area contributed by atoms with Crippen LogP contribution >= 0.6 is 0 Å². The average molecular weight is 401 g/mol. The number of hydrogen-bond donors (Lipinski definition) is 1. The highest BCUT2D eigenvalue weighted by Crippen LogP contribution is 2.27. The van der Waals surface area contributed by atoms with Gasteiger partial charge in [-0.2, -0.15) is 0 Å². The first kappa shape index (κ1) is 26.1. The van der Waals surface area contributed by atoms with Crippen LogP contribution in [0.3, 0.4) is 0 Å². The molecule has 0 aliphatic heterocycles. The van der Waals surface area contributed by atoms with Gasteiger partial charge in [-0.1, -0.05) is 64.7 Å². The summed E-state index contributed by atoms with van der Waals surface area (Å²) in [6.07, 6.45) is 11.5. The molecule has 0 heterocycles. The number of hydrogen-bond acceptors (Lipinski definition) is 7. The largest absolute Gasteiger partial charge is 0.467 e. The summed E-state index contributed by atoms with van der Waals surface area (Å²) >= 11 is 0. The summed E-state index contributed by atoms with van der Waals surface area (Å²) in [6.45, 7) is 2.20. The standard InChI is InChI=1S/C21H36O7/c1-5-6-7-8-9-10-11-12-13-14-15-21(25,20(24)28-4)17(19(23)27-3)16-18(22)26-2/h16,25H,5-15H2,1-4H3/t21-/m1/s1. The predicted octanol–water partition coefficient (Wildman–Crippen LogP) is 3.47. The van der Waals surface area contributed by atoms with Crippen molar-refractivity contribution < 1.29 is 33.7 Å². The highest BCUT2D eigenvalue weighted by Gasteiger charge is 2.45. The maximum atomic E-state index is 12.2. The average Bonchev–Trinajstić information content (AvgIpc) is 2.71. The summed E-state index contributed by atoms with van der Waals surface area (Å²) in [5, 5.41) is 10.9. The number of methoxy groups -OCH3 is 3. The number of esters is 3. The molecule has 1 atom stereocenters. The van der Waals surface area contributed by atoms with Crippen LogP contribution in [-0.4, -0.2) is 49.9 Å². The third-order valence-corrected chi connectivity index (χ3v) is 4.73. The molecule has 0 aliphatic rings. The van der Waals surface area contributed by atoms with Crippen LogP contribution in [0.25, 0.3) is 0 Å². The normalized spacial score (nSPS) is 13.5. The maximum Gasteiger partial charge on any atom is 0.342 e. The van der Waals surface area contributed by atoms with Crippen LogP contribution in [0.1, 0.15) is 77.6 Å². The molecule has 0 unspecified atom stereocenters. The Kier molecular flexibility index (Phi) is 14.1. The number of carbonyl (C=O) groups excluding carboxylic acids is 3. The minimum Gasteiger partial charge on any atom is -0.467 e.